The third-order valence-electron chi connectivity index (χ3n) is 6.81. The number of anilines is 1. The summed E-state index contributed by atoms with van der Waals surface area (Å²) in [4.78, 5) is 39.9. The van der Waals surface area contributed by atoms with Crippen LogP contribution < -0.4 is 10.1 Å². The van der Waals surface area contributed by atoms with Gasteiger partial charge >= 0.3 is 0 Å². The first-order valence-electron chi connectivity index (χ1n) is 11.1. The SMILES string of the molecule is CCOc1ccc(NC(=O)CCCCCN2C(=O)[C@@H]3[C@H]4C[C@@H]([C@@H](Br)[C@H]4Br)[C@H]3C2=O)cc1. The van der Waals surface area contributed by atoms with E-state index in [1.54, 1.807) is 0 Å². The van der Waals surface area contributed by atoms with E-state index >= 15 is 0 Å². The highest BCUT2D eigenvalue weighted by Gasteiger charge is 2.66. The van der Waals surface area contributed by atoms with E-state index in [0.717, 1.165) is 37.1 Å². The molecule has 6 nitrogen and oxygen atoms in total. The lowest BCUT2D eigenvalue weighted by Crippen LogP contribution is -2.37. The van der Waals surface area contributed by atoms with E-state index in [9.17, 15) is 14.4 Å². The lowest BCUT2D eigenvalue weighted by molar-refractivity contribution is -0.140. The molecule has 3 fully saturated rings. The standard InChI is InChI=1S/C23H28Br2N2O4/c1-2-31-14-9-7-13(8-10-14)26-17(28)6-4-3-5-11-27-22(29)18-15-12-16(19(18)23(27)30)21(25)20(15)24/h7-10,15-16,18-21H,2-6,11-12H2,1H3,(H,26,28)/t15-,16-,18-,19-,20-,21+/m1/s1. The second-order valence-corrected chi connectivity index (χ2v) is 10.8. The monoisotopic (exact) mass is 554 g/mol. The van der Waals surface area contributed by atoms with E-state index < -0.39 is 0 Å². The molecule has 3 aliphatic rings. The first-order chi connectivity index (χ1) is 14.9. The number of carbonyl (C=O) groups excluding carboxylic acids is 3. The van der Waals surface area contributed by atoms with Gasteiger partial charge in [0.05, 0.1) is 18.4 Å². The largest absolute Gasteiger partial charge is 0.494 e. The van der Waals surface area contributed by atoms with Gasteiger partial charge in [0.25, 0.3) is 0 Å². The molecule has 1 aromatic rings. The number of carbonyl (C=O) groups is 3. The van der Waals surface area contributed by atoms with E-state index in [4.69, 9.17) is 4.74 Å². The van der Waals surface area contributed by atoms with Crippen molar-refractivity contribution in [2.45, 2.75) is 48.7 Å². The maximum Gasteiger partial charge on any atom is 0.233 e. The molecule has 0 radical (unpaired) electrons. The second-order valence-electron chi connectivity index (χ2n) is 8.65. The van der Waals surface area contributed by atoms with E-state index in [1.165, 1.54) is 4.90 Å². The minimum atomic E-state index is -0.143. The van der Waals surface area contributed by atoms with Gasteiger partial charge in [-0.15, -0.1) is 0 Å². The van der Waals surface area contributed by atoms with Gasteiger partial charge in [-0.2, -0.15) is 0 Å². The normalized spacial score (nSPS) is 31.3. The van der Waals surface area contributed by atoms with Crippen LogP contribution in [0.25, 0.3) is 0 Å². The summed E-state index contributed by atoms with van der Waals surface area (Å²) in [6, 6.07) is 7.32. The highest BCUT2D eigenvalue weighted by Crippen LogP contribution is 2.60. The number of hydrogen-bond acceptors (Lipinski definition) is 4. The van der Waals surface area contributed by atoms with Crippen molar-refractivity contribution in [3.8, 4) is 5.75 Å². The fraction of sp³-hybridized carbons (Fsp3) is 0.609. The van der Waals surface area contributed by atoms with Gasteiger partial charge in [0, 0.05) is 28.3 Å². The Balaban J connectivity index is 1.18. The van der Waals surface area contributed by atoms with Crippen LogP contribution in [0.3, 0.4) is 0 Å². The Morgan fingerprint density at radius 3 is 2.23 bits per heavy atom. The number of hydrogen-bond donors (Lipinski definition) is 1. The smallest absolute Gasteiger partial charge is 0.233 e. The number of rotatable bonds is 9. The highest BCUT2D eigenvalue weighted by atomic mass is 79.9. The molecular weight excluding hydrogens is 528 g/mol. The van der Waals surface area contributed by atoms with Crippen molar-refractivity contribution in [2.24, 2.45) is 23.7 Å². The maximum absolute atomic E-state index is 12.9. The van der Waals surface area contributed by atoms with Crippen LogP contribution >= 0.6 is 31.9 Å². The van der Waals surface area contributed by atoms with Gasteiger partial charge in [-0.25, -0.2) is 0 Å². The molecule has 1 saturated heterocycles. The summed E-state index contributed by atoms with van der Waals surface area (Å²) in [6.45, 7) is 3.00. The molecule has 1 N–H and O–H groups in total. The molecule has 1 aromatic carbocycles. The molecule has 2 saturated carbocycles. The van der Waals surface area contributed by atoms with Crippen LogP contribution in [0.15, 0.2) is 24.3 Å². The quantitative estimate of drug-likeness (QED) is 0.279. The molecule has 0 unspecified atom stereocenters. The molecule has 8 heteroatoms. The van der Waals surface area contributed by atoms with Crippen molar-refractivity contribution >= 4 is 55.3 Å². The summed E-state index contributed by atoms with van der Waals surface area (Å²) in [5, 5.41) is 2.89. The van der Waals surface area contributed by atoms with E-state index in [1.807, 2.05) is 31.2 Å². The Morgan fingerprint density at radius 1 is 1.03 bits per heavy atom. The molecule has 0 aromatic heterocycles. The van der Waals surface area contributed by atoms with Gasteiger partial charge in [0.1, 0.15) is 5.75 Å². The Kier molecular flexibility index (Phi) is 7.06. The Bertz CT molecular complexity index is 814. The zero-order chi connectivity index (χ0) is 22.1. The molecule has 1 aliphatic heterocycles. The number of fused-ring (bicyclic) bond motifs is 5. The molecule has 6 atom stereocenters. The number of benzene rings is 1. The zero-order valence-electron chi connectivity index (χ0n) is 17.6. The van der Waals surface area contributed by atoms with Crippen molar-refractivity contribution in [1.29, 1.82) is 0 Å². The fourth-order valence-corrected chi connectivity index (χ4v) is 7.26. The first kappa shape index (κ1) is 22.8. The van der Waals surface area contributed by atoms with Crippen molar-refractivity contribution in [3.63, 3.8) is 0 Å². The molecule has 0 spiro atoms. The molecule has 4 rings (SSSR count). The van der Waals surface area contributed by atoms with Crippen molar-refractivity contribution < 1.29 is 19.1 Å². The number of halogens is 2. The van der Waals surface area contributed by atoms with Crippen molar-refractivity contribution in [1.82, 2.24) is 4.90 Å². The van der Waals surface area contributed by atoms with Crippen LogP contribution in [0, 0.1) is 23.7 Å². The van der Waals surface area contributed by atoms with Crippen LogP contribution in [0.1, 0.15) is 39.0 Å². The second kappa shape index (κ2) is 9.61. The Labute approximate surface area is 199 Å². The number of imide groups is 1. The third-order valence-corrected chi connectivity index (χ3v) is 10.0. The maximum atomic E-state index is 12.9. The molecule has 1 heterocycles. The van der Waals surface area contributed by atoms with Crippen molar-refractivity contribution in [3.05, 3.63) is 24.3 Å². The summed E-state index contributed by atoms with van der Waals surface area (Å²) in [5.41, 5.74) is 0.748. The number of alkyl halides is 2. The summed E-state index contributed by atoms with van der Waals surface area (Å²) in [5.74, 6) is 1.00. The predicted octanol–water partition coefficient (Wildman–Crippen LogP) is 4.36. The highest BCUT2D eigenvalue weighted by molar-refractivity contribution is 9.12. The van der Waals surface area contributed by atoms with Gasteiger partial charge in [-0.3, -0.25) is 19.3 Å². The molecule has 31 heavy (non-hydrogen) atoms. The minimum Gasteiger partial charge on any atom is -0.494 e. The van der Waals surface area contributed by atoms with Crippen LogP contribution in [0.5, 0.6) is 5.75 Å². The van der Waals surface area contributed by atoms with Gasteiger partial charge in [-0.05, 0) is 62.3 Å². The molecule has 168 valence electrons. The molecule has 2 bridgehead atoms. The molecule has 3 amide bonds. The van der Waals surface area contributed by atoms with Gasteiger partial charge in [0.15, 0.2) is 0 Å². The zero-order valence-corrected chi connectivity index (χ0v) is 20.7. The number of unbranched alkanes of at least 4 members (excludes halogenated alkanes) is 2. The number of ether oxygens (including phenoxy) is 1. The third kappa shape index (κ3) is 4.42. The van der Waals surface area contributed by atoms with Gasteiger partial charge in [0.2, 0.25) is 17.7 Å². The number of nitrogens with zero attached hydrogens (tertiary/aromatic N) is 1. The van der Waals surface area contributed by atoms with E-state index in [0.29, 0.717) is 19.6 Å². The Morgan fingerprint density at radius 2 is 1.65 bits per heavy atom. The number of nitrogens with one attached hydrogen (secondary N) is 1. The minimum absolute atomic E-state index is 0.0135. The van der Waals surface area contributed by atoms with Gasteiger partial charge in [-0.1, -0.05) is 38.3 Å². The summed E-state index contributed by atoms with van der Waals surface area (Å²) >= 11 is 7.42. The van der Waals surface area contributed by atoms with Crippen LogP contribution in [-0.4, -0.2) is 45.4 Å². The van der Waals surface area contributed by atoms with E-state index in [2.05, 4.69) is 37.2 Å². The lowest BCUT2D eigenvalue weighted by Gasteiger charge is -2.28. The number of amides is 3. The molecular formula is C23H28Br2N2O4. The predicted molar refractivity (Wildman–Crippen MR) is 125 cm³/mol. The van der Waals surface area contributed by atoms with Gasteiger partial charge < -0.3 is 10.1 Å². The average molecular weight is 556 g/mol. The van der Waals surface area contributed by atoms with Crippen LogP contribution in [0.2, 0.25) is 0 Å². The summed E-state index contributed by atoms with van der Waals surface area (Å²) in [6.07, 6.45) is 3.64. The fourth-order valence-electron chi connectivity index (χ4n) is 5.39. The van der Waals surface area contributed by atoms with E-state index in [-0.39, 0.29) is 51.0 Å². The average Bonchev–Trinajstić information content (AvgIpc) is 3.35. The van der Waals surface area contributed by atoms with Crippen LogP contribution in [-0.2, 0) is 14.4 Å². The lowest BCUT2D eigenvalue weighted by atomic mass is 9.81. The summed E-state index contributed by atoms with van der Waals surface area (Å²) in [7, 11) is 0. The van der Waals surface area contributed by atoms with Crippen LogP contribution in [0.4, 0.5) is 5.69 Å². The topological polar surface area (TPSA) is 75.7 Å². The Hall–Kier alpha value is -1.41. The first-order valence-corrected chi connectivity index (χ1v) is 12.9. The number of likely N-dealkylation sites (tertiary alicyclic amines) is 1. The summed E-state index contributed by atoms with van der Waals surface area (Å²) < 4.78 is 5.40. The molecule has 2 aliphatic carbocycles. The van der Waals surface area contributed by atoms with Crippen molar-refractivity contribution in [2.75, 3.05) is 18.5 Å².